The average molecular weight is 357 g/mol. The lowest BCUT2D eigenvalue weighted by Gasteiger charge is -2.20. The lowest BCUT2D eigenvalue weighted by molar-refractivity contribution is 0.0600. The standard InChI is InChI=1S/C20H28O2Si2/c1-22-20(21)16-10-8-15(9-11-16)12-17-13-18(23(2,3)4)14-19(17)24(5,6)7/h8-14H,1-7H3/b17-12+. The Morgan fingerprint density at radius 3 is 1.96 bits per heavy atom. The second kappa shape index (κ2) is 6.69. The molecule has 0 bridgehead atoms. The van der Waals surface area contributed by atoms with Gasteiger partial charge >= 0.3 is 5.97 Å². The van der Waals surface area contributed by atoms with Gasteiger partial charge in [0, 0.05) is 0 Å². The fraction of sp³-hybridized carbons (Fsp3) is 0.350. The third-order valence-corrected chi connectivity index (χ3v) is 8.32. The molecule has 0 radical (unpaired) electrons. The molecule has 0 amide bonds. The first-order valence-electron chi connectivity index (χ1n) is 8.37. The minimum Gasteiger partial charge on any atom is -0.465 e. The van der Waals surface area contributed by atoms with Crippen molar-refractivity contribution in [2.24, 2.45) is 0 Å². The zero-order valence-electron chi connectivity index (χ0n) is 15.9. The molecule has 0 aliphatic heterocycles. The van der Waals surface area contributed by atoms with Gasteiger partial charge in [-0.3, -0.25) is 0 Å². The van der Waals surface area contributed by atoms with Crippen LogP contribution in [0.2, 0.25) is 39.3 Å². The van der Waals surface area contributed by atoms with Gasteiger partial charge < -0.3 is 4.74 Å². The van der Waals surface area contributed by atoms with E-state index in [0.29, 0.717) is 5.56 Å². The highest BCUT2D eigenvalue weighted by Gasteiger charge is 2.30. The summed E-state index contributed by atoms with van der Waals surface area (Å²) in [5, 5.41) is 3.05. The maximum absolute atomic E-state index is 11.6. The minimum atomic E-state index is -1.41. The molecule has 0 aromatic heterocycles. The predicted octanol–water partition coefficient (Wildman–Crippen LogP) is 5.48. The monoisotopic (exact) mass is 356 g/mol. The number of esters is 1. The molecule has 1 aliphatic carbocycles. The van der Waals surface area contributed by atoms with Crippen molar-refractivity contribution in [1.29, 1.82) is 0 Å². The van der Waals surface area contributed by atoms with Crippen molar-refractivity contribution >= 4 is 28.2 Å². The summed E-state index contributed by atoms with van der Waals surface area (Å²) in [5.41, 5.74) is 3.05. The summed E-state index contributed by atoms with van der Waals surface area (Å²) < 4.78 is 4.76. The van der Waals surface area contributed by atoms with Gasteiger partial charge in [-0.05, 0) is 29.3 Å². The first-order chi connectivity index (χ1) is 11.0. The molecule has 0 unspecified atom stereocenters. The molecule has 0 fully saturated rings. The Balaban J connectivity index is 2.41. The van der Waals surface area contributed by atoms with Gasteiger partial charge in [-0.15, -0.1) is 0 Å². The highest BCUT2D eigenvalue weighted by Crippen LogP contribution is 2.36. The second-order valence-corrected chi connectivity index (χ2v) is 18.5. The normalized spacial score (nSPS) is 16.9. The average Bonchev–Trinajstić information content (AvgIpc) is 2.91. The van der Waals surface area contributed by atoms with Crippen molar-refractivity contribution in [3.8, 4) is 0 Å². The molecular weight excluding hydrogens is 328 g/mol. The van der Waals surface area contributed by atoms with E-state index in [1.54, 1.807) is 0 Å². The van der Waals surface area contributed by atoms with Crippen LogP contribution in [-0.2, 0) is 4.74 Å². The van der Waals surface area contributed by atoms with E-state index in [1.165, 1.54) is 23.1 Å². The van der Waals surface area contributed by atoms with Crippen LogP contribution in [0.4, 0.5) is 0 Å². The van der Waals surface area contributed by atoms with Gasteiger partial charge in [0.15, 0.2) is 0 Å². The summed E-state index contributed by atoms with van der Waals surface area (Å²) in [4.78, 5) is 11.6. The van der Waals surface area contributed by atoms with Crippen LogP contribution in [0.3, 0.4) is 0 Å². The lowest BCUT2D eigenvalue weighted by Crippen LogP contribution is -2.25. The maximum atomic E-state index is 11.6. The van der Waals surface area contributed by atoms with Crippen molar-refractivity contribution in [3.05, 3.63) is 63.5 Å². The Morgan fingerprint density at radius 2 is 1.50 bits per heavy atom. The molecular formula is C20H28O2Si2. The summed E-state index contributed by atoms with van der Waals surface area (Å²) in [5.74, 6) is -0.293. The number of carbonyl (C=O) groups is 1. The van der Waals surface area contributed by atoms with Gasteiger partial charge in [-0.1, -0.05) is 74.0 Å². The van der Waals surface area contributed by atoms with Gasteiger partial charge in [0.05, 0.1) is 28.8 Å². The smallest absolute Gasteiger partial charge is 0.337 e. The fourth-order valence-electron chi connectivity index (χ4n) is 2.74. The van der Waals surface area contributed by atoms with Gasteiger partial charge in [0.25, 0.3) is 0 Å². The van der Waals surface area contributed by atoms with Crippen LogP contribution in [0.25, 0.3) is 6.08 Å². The van der Waals surface area contributed by atoms with E-state index >= 15 is 0 Å². The van der Waals surface area contributed by atoms with E-state index in [-0.39, 0.29) is 5.97 Å². The molecule has 2 rings (SSSR count). The quantitative estimate of drug-likeness (QED) is 0.527. The van der Waals surface area contributed by atoms with E-state index in [1.807, 2.05) is 24.3 Å². The number of rotatable bonds is 4. The third kappa shape index (κ3) is 4.25. The summed E-state index contributed by atoms with van der Waals surface area (Å²) in [6, 6.07) is 7.63. The SMILES string of the molecule is COC(=O)c1ccc(/C=C2\C=C([Si](C)(C)C)C=C2[Si](C)(C)C)cc1. The third-order valence-electron chi connectivity index (χ3n) is 4.25. The van der Waals surface area contributed by atoms with Crippen molar-refractivity contribution in [3.63, 3.8) is 0 Å². The highest BCUT2D eigenvalue weighted by molar-refractivity contribution is 6.87. The molecule has 0 heterocycles. The molecule has 24 heavy (non-hydrogen) atoms. The number of hydrogen-bond acceptors (Lipinski definition) is 2. The van der Waals surface area contributed by atoms with Gasteiger partial charge in [0.2, 0.25) is 0 Å². The summed E-state index contributed by atoms with van der Waals surface area (Å²) in [7, 11) is -1.33. The van der Waals surface area contributed by atoms with Gasteiger partial charge in [-0.25, -0.2) is 4.79 Å². The highest BCUT2D eigenvalue weighted by atomic mass is 28.3. The first kappa shape index (κ1) is 18.7. The lowest BCUT2D eigenvalue weighted by atomic mass is 10.1. The summed E-state index contributed by atoms with van der Waals surface area (Å²) >= 11 is 0. The van der Waals surface area contributed by atoms with Crippen LogP contribution in [-0.4, -0.2) is 29.2 Å². The van der Waals surface area contributed by atoms with E-state index < -0.39 is 16.1 Å². The Kier molecular flexibility index (Phi) is 5.20. The van der Waals surface area contributed by atoms with Crippen LogP contribution >= 0.6 is 0 Å². The van der Waals surface area contributed by atoms with E-state index in [4.69, 9.17) is 4.74 Å². The van der Waals surface area contributed by atoms with Crippen LogP contribution in [0.5, 0.6) is 0 Å². The molecule has 1 aliphatic rings. The number of ether oxygens (including phenoxy) is 1. The van der Waals surface area contributed by atoms with E-state index in [2.05, 4.69) is 57.5 Å². The molecule has 0 N–H and O–H groups in total. The molecule has 0 saturated carbocycles. The molecule has 2 nitrogen and oxygen atoms in total. The minimum absolute atomic E-state index is 0.293. The second-order valence-electron chi connectivity index (χ2n) is 8.37. The van der Waals surface area contributed by atoms with Crippen molar-refractivity contribution in [2.75, 3.05) is 7.11 Å². The van der Waals surface area contributed by atoms with Crippen LogP contribution in [0.15, 0.2) is 52.4 Å². The topological polar surface area (TPSA) is 26.3 Å². The number of benzene rings is 1. The molecule has 0 spiro atoms. The number of hydrogen-bond donors (Lipinski definition) is 0. The van der Waals surface area contributed by atoms with Gasteiger partial charge in [-0.2, -0.15) is 0 Å². The van der Waals surface area contributed by atoms with Gasteiger partial charge in [0.1, 0.15) is 0 Å². The van der Waals surface area contributed by atoms with E-state index in [0.717, 1.165) is 5.56 Å². The number of allylic oxidation sites excluding steroid dienone is 5. The molecule has 0 atom stereocenters. The Hall–Kier alpha value is -1.66. The number of methoxy groups -OCH3 is 1. The molecule has 1 aromatic rings. The largest absolute Gasteiger partial charge is 0.465 e. The van der Waals surface area contributed by atoms with Crippen LogP contribution in [0, 0.1) is 0 Å². The molecule has 4 heteroatoms. The molecule has 1 aromatic carbocycles. The van der Waals surface area contributed by atoms with Crippen molar-refractivity contribution in [1.82, 2.24) is 0 Å². The fourth-order valence-corrected chi connectivity index (χ4v) is 5.65. The number of carbonyl (C=O) groups excluding carboxylic acids is 1. The van der Waals surface area contributed by atoms with Crippen molar-refractivity contribution < 1.29 is 9.53 Å². The summed E-state index contributed by atoms with van der Waals surface area (Å²) in [6.07, 6.45) is 7.08. The Morgan fingerprint density at radius 1 is 0.917 bits per heavy atom. The summed E-state index contributed by atoms with van der Waals surface area (Å²) in [6.45, 7) is 14.4. The molecule has 0 saturated heterocycles. The Labute approximate surface area is 148 Å². The Bertz CT molecular complexity index is 724. The maximum Gasteiger partial charge on any atom is 0.337 e. The van der Waals surface area contributed by atoms with Crippen LogP contribution in [0.1, 0.15) is 15.9 Å². The van der Waals surface area contributed by atoms with Crippen molar-refractivity contribution in [2.45, 2.75) is 39.3 Å². The zero-order chi connectivity index (χ0) is 18.1. The van der Waals surface area contributed by atoms with Crippen LogP contribution < -0.4 is 0 Å². The predicted molar refractivity (Wildman–Crippen MR) is 109 cm³/mol. The molecule has 128 valence electrons. The first-order valence-corrected chi connectivity index (χ1v) is 15.4. The zero-order valence-corrected chi connectivity index (χ0v) is 17.9. The van der Waals surface area contributed by atoms with E-state index in [9.17, 15) is 4.79 Å².